The highest BCUT2D eigenvalue weighted by Crippen LogP contribution is 2.55. The van der Waals surface area contributed by atoms with Crippen LogP contribution < -0.4 is 4.74 Å². The summed E-state index contributed by atoms with van der Waals surface area (Å²) in [5, 5.41) is 0. The number of ether oxygens (including phenoxy) is 1. The molecule has 1 nitrogen and oxygen atoms in total. The Kier molecular flexibility index (Phi) is 3.14. The molecular formula is C16H18Br2O. The number of hydrogen-bond donors (Lipinski definition) is 0. The van der Waals surface area contributed by atoms with Gasteiger partial charge in [-0.05, 0) is 42.7 Å². The second kappa shape index (κ2) is 4.36. The van der Waals surface area contributed by atoms with E-state index in [1.54, 1.807) is 0 Å². The fraction of sp³-hybridized carbons (Fsp3) is 0.500. The lowest BCUT2D eigenvalue weighted by Crippen LogP contribution is -2.56. The first-order chi connectivity index (χ1) is 8.87. The third-order valence-electron chi connectivity index (χ3n) is 4.84. The quantitative estimate of drug-likeness (QED) is 0.437. The van der Waals surface area contributed by atoms with Crippen LogP contribution in [0.25, 0.3) is 0 Å². The highest BCUT2D eigenvalue weighted by atomic mass is 79.9. The zero-order valence-corrected chi connectivity index (χ0v) is 14.6. The Morgan fingerprint density at radius 2 is 2.05 bits per heavy atom. The summed E-state index contributed by atoms with van der Waals surface area (Å²) in [5.74, 6) is 1.03. The number of rotatable bonds is 0. The molecular weight excluding hydrogens is 368 g/mol. The minimum atomic E-state index is -0.206. The van der Waals surface area contributed by atoms with Crippen LogP contribution in [0.2, 0.25) is 0 Å². The van der Waals surface area contributed by atoms with Crippen molar-refractivity contribution in [3.63, 3.8) is 0 Å². The molecule has 0 fully saturated rings. The van der Waals surface area contributed by atoms with Gasteiger partial charge in [-0.1, -0.05) is 51.8 Å². The summed E-state index contributed by atoms with van der Waals surface area (Å²) >= 11 is 7.40. The van der Waals surface area contributed by atoms with Crippen LogP contribution in [0.15, 0.2) is 34.3 Å². The number of allylic oxidation sites excluding steroid dienone is 1. The summed E-state index contributed by atoms with van der Waals surface area (Å²) in [7, 11) is 0. The van der Waals surface area contributed by atoms with E-state index in [9.17, 15) is 0 Å². The van der Waals surface area contributed by atoms with E-state index in [1.165, 1.54) is 11.1 Å². The predicted molar refractivity (Wildman–Crippen MR) is 86.1 cm³/mol. The van der Waals surface area contributed by atoms with Crippen molar-refractivity contribution >= 4 is 31.9 Å². The van der Waals surface area contributed by atoms with Crippen molar-refractivity contribution in [1.82, 2.24) is 0 Å². The monoisotopic (exact) mass is 384 g/mol. The Bertz CT molecular complexity index is 562. The van der Waals surface area contributed by atoms with Crippen molar-refractivity contribution in [3.8, 4) is 5.75 Å². The first-order valence-corrected chi connectivity index (χ1v) is 8.36. The average molecular weight is 386 g/mol. The zero-order chi connectivity index (χ0) is 13.8. The molecule has 0 aromatic heterocycles. The molecule has 0 N–H and O–H groups in total. The van der Waals surface area contributed by atoms with Gasteiger partial charge in [0.2, 0.25) is 0 Å². The maximum Gasteiger partial charge on any atom is 0.140 e. The van der Waals surface area contributed by atoms with Gasteiger partial charge < -0.3 is 4.74 Å². The number of hydrogen-bond acceptors (Lipinski definition) is 1. The molecule has 2 aliphatic rings. The van der Waals surface area contributed by atoms with Gasteiger partial charge in [0.1, 0.15) is 11.4 Å². The van der Waals surface area contributed by atoms with Crippen LogP contribution in [0.5, 0.6) is 5.75 Å². The van der Waals surface area contributed by atoms with Crippen molar-refractivity contribution in [1.29, 1.82) is 0 Å². The Labute approximate surface area is 131 Å². The SMILES string of the molecule is CC1=CCC(Br)C(C)(C)C12Cc1cc(Br)ccc1O2. The van der Waals surface area contributed by atoms with Crippen molar-refractivity contribution in [2.24, 2.45) is 5.41 Å². The Balaban J connectivity index is 2.11. The maximum atomic E-state index is 6.47. The molecule has 0 saturated carbocycles. The predicted octanol–water partition coefficient (Wildman–Crippen LogP) is 5.26. The number of fused-ring (bicyclic) bond motifs is 1. The molecule has 0 amide bonds. The first-order valence-electron chi connectivity index (χ1n) is 6.65. The summed E-state index contributed by atoms with van der Waals surface area (Å²) in [4.78, 5) is 0.446. The van der Waals surface area contributed by atoms with Gasteiger partial charge in [0.25, 0.3) is 0 Å². The van der Waals surface area contributed by atoms with Crippen LogP contribution in [-0.2, 0) is 6.42 Å². The minimum absolute atomic E-state index is 0.0668. The standard InChI is InChI=1S/C16H18Br2O/c1-10-4-7-14(18)15(2,3)16(10)9-11-8-12(17)5-6-13(11)19-16/h4-6,8,14H,7,9H2,1-3H3. The molecule has 19 heavy (non-hydrogen) atoms. The third-order valence-corrected chi connectivity index (χ3v) is 6.85. The van der Waals surface area contributed by atoms with Crippen LogP contribution in [0.4, 0.5) is 0 Å². The van der Waals surface area contributed by atoms with Gasteiger partial charge in [-0.3, -0.25) is 0 Å². The van der Waals surface area contributed by atoms with E-state index in [2.05, 4.69) is 76.9 Å². The molecule has 1 heterocycles. The summed E-state index contributed by atoms with van der Waals surface area (Å²) in [5.41, 5.74) is 2.53. The largest absolute Gasteiger partial charge is 0.482 e. The normalized spacial score (nSPS) is 31.8. The van der Waals surface area contributed by atoms with Gasteiger partial charge in [0.15, 0.2) is 0 Å². The van der Waals surface area contributed by atoms with Gasteiger partial charge in [0.05, 0.1) is 0 Å². The van der Waals surface area contributed by atoms with Gasteiger partial charge >= 0.3 is 0 Å². The summed E-state index contributed by atoms with van der Waals surface area (Å²) in [6.45, 7) is 6.83. The fourth-order valence-electron chi connectivity index (χ4n) is 3.36. The lowest BCUT2D eigenvalue weighted by atomic mass is 9.63. The van der Waals surface area contributed by atoms with E-state index < -0.39 is 0 Å². The second-order valence-corrected chi connectivity index (χ2v) is 8.19. The molecule has 3 rings (SSSR count). The highest BCUT2D eigenvalue weighted by molar-refractivity contribution is 9.10. The van der Waals surface area contributed by atoms with Crippen LogP contribution in [-0.4, -0.2) is 10.4 Å². The number of benzene rings is 1. The molecule has 1 aromatic rings. The minimum Gasteiger partial charge on any atom is -0.482 e. The lowest BCUT2D eigenvalue weighted by molar-refractivity contribution is 0.00163. The molecule has 2 atom stereocenters. The topological polar surface area (TPSA) is 9.23 Å². The van der Waals surface area contributed by atoms with Gasteiger partial charge in [-0.25, -0.2) is 0 Å². The van der Waals surface area contributed by atoms with Gasteiger partial charge in [-0.2, -0.15) is 0 Å². The van der Waals surface area contributed by atoms with E-state index in [1.807, 2.05) is 0 Å². The lowest BCUT2D eigenvalue weighted by Gasteiger charge is -2.49. The van der Waals surface area contributed by atoms with Crippen LogP contribution >= 0.6 is 31.9 Å². The van der Waals surface area contributed by atoms with Gasteiger partial charge in [-0.15, -0.1) is 0 Å². The molecule has 1 aliphatic heterocycles. The third kappa shape index (κ3) is 1.84. The second-order valence-electron chi connectivity index (χ2n) is 6.17. The summed E-state index contributed by atoms with van der Waals surface area (Å²) < 4.78 is 7.59. The maximum absolute atomic E-state index is 6.47. The van der Waals surface area contributed by atoms with E-state index in [4.69, 9.17) is 4.74 Å². The highest BCUT2D eigenvalue weighted by Gasteiger charge is 2.56. The van der Waals surface area contributed by atoms with Crippen LogP contribution in [0.3, 0.4) is 0 Å². The average Bonchev–Trinajstić information content (AvgIpc) is 2.73. The molecule has 0 radical (unpaired) electrons. The number of alkyl halides is 1. The molecule has 102 valence electrons. The molecule has 2 unspecified atom stereocenters. The molecule has 0 bridgehead atoms. The molecule has 1 spiro atoms. The Morgan fingerprint density at radius 3 is 2.79 bits per heavy atom. The van der Waals surface area contributed by atoms with Gasteiger partial charge in [0, 0.05) is 21.1 Å². The van der Waals surface area contributed by atoms with Crippen molar-refractivity contribution in [2.75, 3.05) is 0 Å². The molecule has 1 aliphatic carbocycles. The molecule has 0 saturated heterocycles. The van der Waals surface area contributed by atoms with E-state index in [0.29, 0.717) is 4.83 Å². The summed E-state index contributed by atoms with van der Waals surface area (Å²) in [6.07, 6.45) is 4.36. The number of halogens is 2. The first kappa shape index (κ1) is 13.7. The fourth-order valence-corrected chi connectivity index (χ4v) is 4.32. The molecule has 1 aromatic carbocycles. The van der Waals surface area contributed by atoms with E-state index in [0.717, 1.165) is 23.1 Å². The van der Waals surface area contributed by atoms with Crippen molar-refractivity contribution in [3.05, 3.63) is 39.9 Å². The summed E-state index contributed by atoms with van der Waals surface area (Å²) in [6, 6.07) is 6.32. The smallest absolute Gasteiger partial charge is 0.140 e. The molecule has 3 heteroatoms. The van der Waals surface area contributed by atoms with Crippen molar-refractivity contribution in [2.45, 2.75) is 44.0 Å². The Hall–Kier alpha value is -0.280. The van der Waals surface area contributed by atoms with E-state index >= 15 is 0 Å². The Morgan fingerprint density at radius 1 is 1.32 bits per heavy atom. The van der Waals surface area contributed by atoms with Crippen LogP contribution in [0, 0.1) is 5.41 Å². The van der Waals surface area contributed by atoms with Crippen molar-refractivity contribution < 1.29 is 4.74 Å². The zero-order valence-electron chi connectivity index (χ0n) is 11.5. The van der Waals surface area contributed by atoms with Crippen LogP contribution in [0.1, 0.15) is 32.8 Å². The van der Waals surface area contributed by atoms with E-state index in [-0.39, 0.29) is 11.0 Å².